The second-order valence-electron chi connectivity index (χ2n) is 4.93. The smallest absolute Gasteiger partial charge is 0.124 e. The van der Waals surface area contributed by atoms with Gasteiger partial charge in [-0.2, -0.15) is 0 Å². The Kier molecular flexibility index (Phi) is 3.20. The van der Waals surface area contributed by atoms with Crippen LogP contribution in [0.2, 0.25) is 0 Å². The van der Waals surface area contributed by atoms with Crippen LogP contribution in [0.4, 0.5) is 0 Å². The molecule has 0 aromatic heterocycles. The van der Waals surface area contributed by atoms with E-state index in [2.05, 4.69) is 39.0 Å². The number of ether oxygens (including phenoxy) is 1. The Morgan fingerprint density at radius 3 is 2.94 bits per heavy atom. The van der Waals surface area contributed by atoms with Gasteiger partial charge in [-0.1, -0.05) is 38.0 Å². The van der Waals surface area contributed by atoms with Gasteiger partial charge in [-0.15, -0.1) is 0 Å². The van der Waals surface area contributed by atoms with E-state index in [0.717, 1.165) is 18.6 Å². The lowest BCUT2D eigenvalue weighted by Gasteiger charge is -2.33. The molecule has 1 heterocycles. The van der Waals surface area contributed by atoms with Crippen molar-refractivity contribution in [2.45, 2.75) is 45.8 Å². The van der Waals surface area contributed by atoms with Crippen LogP contribution < -0.4 is 10.5 Å². The van der Waals surface area contributed by atoms with Gasteiger partial charge in [-0.25, -0.2) is 0 Å². The first-order chi connectivity index (χ1) is 7.61. The predicted molar refractivity (Wildman–Crippen MR) is 66.6 cm³/mol. The molecular weight excluding hydrogens is 198 g/mol. The SMILES string of the molecule is CCC(C)C1CC(N)c2cc(C)ccc2O1. The molecule has 88 valence electrons. The minimum Gasteiger partial charge on any atom is -0.490 e. The summed E-state index contributed by atoms with van der Waals surface area (Å²) in [5.74, 6) is 1.55. The summed E-state index contributed by atoms with van der Waals surface area (Å²) in [6.07, 6.45) is 2.35. The summed E-state index contributed by atoms with van der Waals surface area (Å²) < 4.78 is 6.03. The van der Waals surface area contributed by atoms with Crippen LogP contribution >= 0.6 is 0 Å². The number of nitrogens with two attached hydrogens (primary N) is 1. The van der Waals surface area contributed by atoms with Crippen LogP contribution in [-0.4, -0.2) is 6.10 Å². The molecule has 0 fully saturated rings. The van der Waals surface area contributed by atoms with Gasteiger partial charge in [0, 0.05) is 18.0 Å². The quantitative estimate of drug-likeness (QED) is 0.829. The van der Waals surface area contributed by atoms with E-state index < -0.39 is 0 Å². The van der Waals surface area contributed by atoms with E-state index in [4.69, 9.17) is 10.5 Å². The number of rotatable bonds is 2. The highest BCUT2D eigenvalue weighted by Gasteiger charge is 2.28. The molecule has 0 amide bonds. The molecule has 1 aliphatic rings. The van der Waals surface area contributed by atoms with Crippen LogP contribution in [0.5, 0.6) is 5.75 Å². The molecule has 1 aromatic carbocycles. The molecule has 2 heteroatoms. The first kappa shape index (κ1) is 11.5. The van der Waals surface area contributed by atoms with Gasteiger partial charge in [0.1, 0.15) is 11.9 Å². The van der Waals surface area contributed by atoms with Crippen molar-refractivity contribution >= 4 is 0 Å². The maximum atomic E-state index is 6.22. The summed E-state index contributed by atoms with van der Waals surface area (Å²) in [4.78, 5) is 0. The van der Waals surface area contributed by atoms with Crippen molar-refractivity contribution in [1.29, 1.82) is 0 Å². The van der Waals surface area contributed by atoms with Crippen LogP contribution in [0.25, 0.3) is 0 Å². The molecule has 0 aliphatic carbocycles. The molecule has 2 N–H and O–H groups in total. The Labute approximate surface area is 97.8 Å². The van der Waals surface area contributed by atoms with Crippen molar-refractivity contribution in [2.24, 2.45) is 11.7 Å². The fraction of sp³-hybridized carbons (Fsp3) is 0.571. The maximum absolute atomic E-state index is 6.22. The average molecular weight is 219 g/mol. The van der Waals surface area contributed by atoms with E-state index in [-0.39, 0.29) is 12.1 Å². The Morgan fingerprint density at radius 1 is 1.50 bits per heavy atom. The molecule has 16 heavy (non-hydrogen) atoms. The summed E-state index contributed by atoms with van der Waals surface area (Å²) >= 11 is 0. The van der Waals surface area contributed by atoms with Crippen LogP contribution in [0.1, 0.15) is 43.9 Å². The van der Waals surface area contributed by atoms with E-state index in [1.54, 1.807) is 0 Å². The molecule has 3 unspecified atom stereocenters. The lowest BCUT2D eigenvalue weighted by molar-refractivity contribution is 0.105. The summed E-state index contributed by atoms with van der Waals surface area (Å²) in [6, 6.07) is 6.42. The van der Waals surface area contributed by atoms with Crippen LogP contribution in [-0.2, 0) is 0 Å². The highest BCUT2D eigenvalue weighted by molar-refractivity contribution is 5.40. The Balaban J connectivity index is 2.26. The molecule has 1 aliphatic heterocycles. The van der Waals surface area contributed by atoms with Crippen molar-refractivity contribution in [3.05, 3.63) is 29.3 Å². The van der Waals surface area contributed by atoms with Crippen molar-refractivity contribution in [3.8, 4) is 5.75 Å². The van der Waals surface area contributed by atoms with Crippen LogP contribution in [0.15, 0.2) is 18.2 Å². The van der Waals surface area contributed by atoms with Crippen molar-refractivity contribution in [2.75, 3.05) is 0 Å². The van der Waals surface area contributed by atoms with Crippen molar-refractivity contribution < 1.29 is 4.74 Å². The predicted octanol–water partition coefficient (Wildman–Crippen LogP) is 3.19. The molecule has 0 saturated heterocycles. The van der Waals surface area contributed by atoms with Gasteiger partial charge >= 0.3 is 0 Å². The number of hydrogen-bond acceptors (Lipinski definition) is 2. The zero-order chi connectivity index (χ0) is 11.7. The van der Waals surface area contributed by atoms with E-state index in [0.29, 0.717) is 5.92 Å². The zero-order valence-electron chi connectivity index (χ0n) is 10.4. The topological polar surface area (TPSA) is 35.2 Å². The van der Waals surface area contributed by atoms with Crippen LogP contribution in [0, 0.1) is 12.8 Å². The van der Waals surface area contributed by atoms with Gasteiger partial charge in [-0.05, 0) is 18.9 Å². The second kappa shape index (κ2) is 4.46. The van der Waals surface area contributed by atoms with Gasteiger partial charge in [0.05, 0.1) is 0 Å². The molecule has 3 atom stereocenters. The summed E-state index contributed by atoms with van der Waals surface area (Å²) in [5, 5.41) is 0. The molecule has 1 aromatic rings. The Bertz CT molecular complexity index is 375. The molecule has 0 spiro atoms. The maximum Gasteiger partial charge on any atom is 0.124 e. The van der Waals surface area contributed by atoms with E-state index in [9.17, 15) is 0 Å². The van der Waals surface area contributed by atoms with Gasteiger partial charge < -0.3 is 10.5 Å². The third-order valence-electron chi connectivity index (χ3n) is 3.61. The molecule has 0 radical (unpaired) electrons. The standard InChI is InChI=1S/C14H21NO/c1-4-10(3)14-8-12(15)11-7-9(2)5-6-13(11)16-14/h5-7,10,12,14H,4,8,15H2,1-3H3. The number of hydrogen-bond donors (Lipinski definition) is 1. The zero-order valence-corrected chi connectivity index (χ0v) is 10.4. The van der Waals surface area contributed by atoms with E-state index in [1.165, 1.54) is 11.1 Å². The molecule has 2 rings (SSSR count). The summed E-state index contributed by atoms with van der Waals surface area (Å²) in [6.45, 7) is 6.52. The Morgan fingerprint density at radius 2 is 2.25 bits per heavy atom. The lowest BCUT2D eigenvalue weighted by Crippen LogP contribution is -2.34. The van der Waals surface area contributed by atoms with Gasteiger partial charge in [0.15, 0.2) is 0 Å². The van der Waals surface area contributed by atoms with Crippen molar-refractivity contribution in [3.63, 3.8) is 0 Å². The molecular formula is C14H21NO. The highest BCUT2D eigenvalue weighted by atomic mass is 16.5. The fourth-order valence-corrected chi connectivity index (χ4v) is 2.26. The second-order valence-corrected chi connectivity index (χ2v) is 4.93. The normalized spacial score (nSPS) is 25.8. The third kappa shape index (κ3) is 2.07. The van der Waals surface area contributed by atoms with Crippen LogP contribution in [0.3, 0.4) is 0 Å². The first-order valence-corrected chi connectivity index (χ1v) is 6.14. The number of benzene rings is 1. The lowest BCUT2D eigenvalue weighted by atomic mass is 9.89. The minimum absolute atomic E-state index is 0.127. The fourth-order valence-electron chi connectivity index (χ4n) is 2.26. The van der Waals surface area contributed by atoms with Crippen molar-refractivity contribution in [1.82, 2.24) is 0 Å². The first-order valence-electron chi connectivity index (χ1n) is 6.14. The minimum atomic E-state index is 0.127. The average Bonchev–Trinajstić information content (AvgIpc) is 2.28. The number of fused-ring (bicyclic) bond motifs is 1. The largest absolute Gasteiger partial charge is 0.490 e. The molecule has 0 saturated carbocycles. The Hall–Kier alpha value is -1.02. The molecule has 0 bridgehead atoms. The molecule has 2 nitrogen and oxygen atoms in total. The van der Waals surface area contributed by atoms with E-state index in [1.807, 2.05) is 0 Å². The van der Waals surface area contributed by atoms with Gasteiger partial charge in [0.2, 0.25) is 0 Å². The van der Waals surface area contributed by atoms with E-state index >= 15 is 0 Å². The van der Waals surface area contributed by atoms with Gasteiger partial charge in [0.25, 0.3) is 0 Å². The highest BCUT2D eigenvalue weighted by Crippen LogP contribution is 2.36. The summed E-state index contributed by atoms with van der Waals surface area (Å²) in [5.41, 5.74) is 8.63. The van der Waals surface area contributed by atoms with Gasteiger partial charge in [-0.3, -0.25) is 0 Å². The number of aryl methyl sites for hydroxylation is 1. The summed E-state index contributed by atoms with van der Waals surface area (Å²) in [7, 11) is 0. The monoisotopic (exact) mass is 219 g/mol. The third-order valence-corrected chi connectivity index (χ3v) is 3.61.